The lowest BCUT2D eigenvalue weighted by atomic mass is 9.97. The summed E-state index contributed by atoms with van der Waals surface area (Å²) in [5, 5.41) is 19.2. The molecule has 1 amide bonds. The number of hydrogen-bond donors (Lipinski definition) is 2. The number of methoxy groups -OCH3 is 2. The van der Waals surface area contributed by atoms with Gasteiger partial charge in [0.1, 0.15) is 11.9 Å². The van der Waals surface area contributed by atoms with Crippen molar-refractivity contribution in [2.45, 2.75) is 25.0 Å². The number of nitrogens with zero attached hydrogens (tertiary/aromatic N) is 1. The second kappa shape index (κ2) is 9.62. The first kappa shape index (κ1) is 21.0. The molecule has 156 valence electrons. The van der Waals surface area contributed by atoms with Crippen LogP contribution in [0.2, 0.25) is 0 Å². The van der Waals surface area contributed by atoms with Crippen LogP contribution in [0, 0.1) is 0 Å². The summed E-state index contributed by atoms with van der Waals surface area (Å²) in [6, 6.07) is 11.9. The molecule has 0 spiro atoms. The molecule has 1 saturated heterocycles. The second-order valence-electron chi connectivity index (χ2n) is 6.90. The first-order valence-corrected chi connectivity index (χ1v) is 9.59. The lowest BCUT2D eigenvalue weighted by Gasteiger charge is -2.41. The predicted octanol–water partition coefficient (Wildman–Crippen LogP) is 2.30. The normalized spacial score (nSPS) is 19.1. The van der Waals surface area contributed by atoms with Crippen LogP contribution in [0.1, 0.15) is 23.6 Å². The molecule has 1 heterocycles. The van der Waals surface area contributed by atoms with Gasteiger partial charge in [0, 0.05) is 13.0 Å². The third-order valence-corrected chi connectivity index (χ3v) is 5.17. The van der Waals surface area contributed by atoms with E-state index < -0.39 is 12.1 Å². The monoisotopic (exact) mass is 401 g/mol. The molecule has 0 aliphatic carbocycles. The Bertz CT molecular complexity index is 823. The summed E-state index contributed by atoms with van der Waals surface area (Å²) in [7, 11) is 3.13. The Morgan fingerprint density at radius 3 is 2.52 bits per heavy atom. The zero-order valence-electron chi connectivity index (χ0n) is 16.7. The van der Waals surface area contributed by atoms with Crippen molar-refractivity contribution in [1.29, 1.82) is 0 Å². The number of phenols is 1. The summed E-state index contributed by atoms with van der Waals surface area (Å²) < 4.78 is 16.4. The zero-order chi connectivity index (χ0) is 20.8. The Morgan fingerprint density at radius 1 is 1.14 bits per heavy atom. The molecule has 1 aliphatic heterocycles. The second-order valence-corrected chi connectivity index (χ2v) is 6.90. The molecule has 7 nitrogen and oxygen atoms in total. The molecule has 7 heteroatoms. The van der Waals surface area contributed by atoms with E-state index in [-0.39, 0.29) is 18.3 Å². The molecule has 0 radical (unpaired) electrons. The Kier molecular flexibility index (Phi) is 6.95. The number of phenolic OH excluding ortho intramolecular Hbond substituents is 1. The van der Waals surface area contributed by atoms with Crippen molar-refractivity contribution in [2.75, 3.05) is 34.0 Å². The van der Waals surface area contributed by atoms with E-state index in [1.807, 2.05) is 24.3 Å². The maximum absolute atomic E-state index is 13.0. The molecule has 0 aromatic heterocycles. The standard InChI is InChI=1S/C22H27NO6/c1-27-18-9-6-16(13-19(18)28-2)22-20(14-24)29-12-11-23(22)21(26)10-5-15-3-7-17(25)8-4-15/h3-4,6-9,13,20,22,24-25H,5,10-12,14H2,1-2H3/t20-,22-/m1/s1. The summed E-state index contributed by atoms with van der Waals surface area (Å²) in [5.41, 5.74) is 1.80. The van der Waals surface area contributed by atoms with Gasteiger partial charge in [0.15, 0.2) is 11.5 Å². The van der Waals surface area contributed by atoms with Crippen molar-refractivity contribution in [1.82, 2.24) is 4.90 Å². The first-order chi connectivity index (χ1) is 14.1. The minimum absolute atomic E-state index is 0.0143. The van der Waals surface area contributed by atoms with Crippen molar-refractivity contribution in [3.63, 3.8) is 0 Å². The quantitative estimate of drug-likeness (QED) is 0.740. The predicted molar refractivity (Wildman–Crippen MR) is 107 cm³/mol. The number of ether oxygens (including phenoxy) is 3. The summed E-state index contributed by atoms with van der Waals surface area (Å²) in [6.45, 7) is 0.630. The van der Waals surface area contributed by atoms with Gasteiger partial charge in [0.25, 0.3) is 0 Å². The number of benzene rings is 2. The van der Waals surface area contributed by atoms with Crippen LogP contribution in [-0.4, -0.2) is 61.1 Å². The van der Waals surface area contributed by atoms with Crippen molar-refractivity contribution in [2.24, 2.45) is 0 Å². The molecule has 29 heavy (non-hydrogen) atoms. The fourth-order valence-corrected chi connectivity index (χ4v) is 3.65. The van der Waals surface area contributed by atoms with Crippen LogP contribution >= 0.6 is 0 Å². The van der Waals surface area contributed by atoms with E-state index in [0.29, 0.717) is 37.5 Å². The highest BCUT2D eigenvalue weighted by molar-refractivity contribution is 5.77. The lowest BCUT2D eigenvalue weighted by Crippen LogP contribution is -2.49. The number of morpholine rings is 1. The van der Waals surface area contributed by atoms with E-state index in [2.05, 4.69) is 0 Å². The van der Waals surface area contributed by atoms with Crippen LogP contribution in [0.15, 0.2) is 42.5 Å². The third kappa shape index (κ3) is 4.81. The SMILES string of the molecule is COc1ccc([C@@H]2[C@@H](CO)OCCN2C(=O)CCc2ccc(O)cc2)cc1OC. The first-order valence-electron chi connectivity index (χ1n) is 9.59. The molecule has 2 atom stereocenters. The molecule has 0 unspecified atom stereocenters. The van der Waals surface area contributed by atoms with Gasteiger partial charge in [0.05, 0.1) is 33.5 Å². The van der Waals surface area contributed by atoms with Gasteiger partial charge in [-0.3, -0.25) is 4.79 Å². The summed E-state index contributed by atoms with van der Waals surface area (Å²) >= 11 is 0. The highest BCUT2D eigenvalue weighted by atomic mass is 16.5. The minimum Gasteiger partial charge on any atom is -0.508 e. The molecule has 3 rings (SSSR count). The number of rotatable bonds is 7. The van der Waals surface area contributed by atoms with E-state index in [0.717, 1.165) is 11.1 Å². The summed E-state index contributed by atoms with van der Waals surface area (Å²) in [5.74, 6) is 1.34. The number of aryl methyl sites for hydroxylation is 1. The average Bonchev–Trinajstić information content (AvgIpc) is 2.77. The van der Waals surface area contributed by atoms with E-state index in [9.17, 15) is 15.0 Å². The van der Waals surface area contributed by atoms with E-state index >= 15 is 0 Å². The van der Waals surface area contributed by atoms with Crippen LogP contribution in [0.5, 0.6) is 17.2 Å². The van der Waals surface area contributed by atoms with Gasteiger partial charge in [0.2, 0.25) is 5.91 Å². The molecule has 0 saturated carbocycles. The van der Waals surface area contributed by atoms with Gasteiger partial charge in [-0.25, -0.2) is 0 Å². The van der Waals surface area contributed by atoms with Crippen LogP contribution in [-0.2, 0) is 16.0 Å². The fraction of sp³-hybridized carbons (Fsp3) is 0.409. The van der Waals surface area contributed by atoms with Crippen LogP contribution in [0.25, 0.3) is 0 Å². The molecule has 2 N–H and O–H groups in total. The number of amides is 1. The summed E-state index contributed by atoms with van der Waals surface area (Å²) in [4.78, 5) is 14.8. The highest BCUT2D eigenvalue weighted by Crippen LogP contribution is 2.36. The Labute approximate surface area is 170 Å². The van der Waals surface area contributed by atoms with Gasteiger partial charge < -0.3 is 29.3 Å². The Balaban J connectivity index is 1.81. The molecule has 0 bridgehead atoms. The van der Waals surface area contributed by atoms with Crippen molar-refractivity contribution >= 4 is 5.91 Å². The van der Waals surface area contributed by atoms with Crippen molar-refractivity contribution in [3.05, 3.63) is 53.6 Å². The van der Waals surface area contributed by atoms with Crippen molar-refractivity contribution in [3.8, 4) is 17.2 Å². The van der Waals surface area contributed by atoms with Crippen LogP contribution in [0.4, 0.5) is 0 Å². The Morgan fingerprint density at radius 2 is 1.86 bits per heavy atom. The van der Waals surface area contributed by atoms with E-state index in [1.54, 1.807) is 37.3 Å². The molecule has 2 aromatic carbocycles. The summed E-state index contributed by atoms with van der Waals surface area (Å²) in [6.07, 6.45) is 0.380. The third-order valence-electron chi connectivity index (χ3n) is 5.17. The number of aliphatic hydroxyl groups excluding tert-OH is 1. The zero-order valence-corrected chi connectivity index (χ0v) is 16.7. The smallest absolute Gasteiger partial charge is 0.223 e. The number of carbonyl (C=O) groups excluding carboxylic acids is 1. The molecule has 1 aliphatic rings. The highest BCUT2D eigenvalue weighted by Gasteiger charge is 2.36. The van der Waals surface area contributed by atoms with Gasteiger partial charge in [-0.1, -0.05) is 18.2 Å². The fourth-order valence-electron chi connectivity index (χ4n) is 3.65. The molecule has 1 fully saturated rings. The maximum Gasteiger partial charge on any atom is 0.223 e. The van der Waals surface area contributed by atoms with Crippen LogP contribution in [0.3, 0.4) is 0 Å². The van der Waals surface area contributed by atoms with E-state index in [4.69, 9.17) is 14.2 Å². The van der Waals surface area contributed by atoms with Gasteiger partial charge >= 0.3 is 0 Å². The van der Waals surface area contributed by atoms with Gasteiger partial charge in [-0.05, 0) is 41.8 Å². The number of hydrogen-bond acceptors (Lipinski definition) is 6. The maximum atomic E-state index is 13.0. The number of aromatic hydroxyl groups is 1. The molecule has 2 aromatic rings. The topological polar surface area (TPSA) is 88.5 Å². The molecular weight excluding hydrogens is 374 g/mol. The van der Waals surface area contributed by atoms with Gasteiger partial charge in [-0.2, -0.15) is 0 Å². The lowest BCUT2D eigenvalue weighted by molar-refractivity contribution is -0.149. The average molecular weight is 401 g/mol. The number of carbonyl (C=O) groups is 1. The number of aliphatic hydroxyl groups is 1. The van der Waals surface area contributed by atoms with Gasteiger partial charge in [-0.15, -0.1) is 0 Å². The molecular formula is C22H27NO6. The minimum atomic E-state index is -0.514. The van der Waals surface area contributed by atoms with Crippen LogP contribution < -0.4 is 9.47 Å². The van der Waals surface area contributed by atoms with E-state index in [1.165, 1.54) is 0 Å². The van der Waals surface area contributed by atoms with Crippen molar-refractivity contribution < 1.29 is 29.2 Å². The Hall–Kier alpha value is -2.77. The largest absolute Gasteiger partial charge is 0.508 e.